The molecule has 6 heteroatoms. The average molecular weight is 463 g/mol. The number of aromatic nitrogens is 2. The standard InChI is InChI=1S/C19H18IN3OS/c1-10-9-11(2)13(4)16(12(10)3)18-22-23-19(25-18)21-17(24)14-7-5-6-8-15(14)20/h5-9H,1-4H3,(H,21,23,24). The molecule has 0 bridgehead atoms. The van der Waals surface area contributed by atoms with Gasteiger partial charge < -0.3 is 0 Å². The second-order valence-corrected chi connectivity index (χ2v) is 8.12. The lowest BCUT2D eigenvalue weighted by atomic mass is 9.95. The third-order valence-electron chi connectivity index (χ3n) is 4.34. The van der Waals surface area contributed by atoms with Gasteiger partial charge >= 0.3 is 0 Å². The Hall–Kier alpha value is -1.80. The first-order valence-electron chi connectivity index (χ1n) is 7.85. The first kappa shape index (κ1) is 18.0. The number of nitrogens with one attached hydrogen (secondary N) is 1. The monoisotopic (exact) mass is 463 g/mol. The maximum absolute atomic E-state index is 12.4. The Labute approximate surface area is 164 Å². The van der Waals surface area contributed by atoms with Crippen molar-refractivity contribution in [1.29, 1.82) is 0 Å². The van der Waals surface area contributed by atoms with Crippen LogP contribution in [0.25, 0.3) is 10.6 Å². The Morgan fingerprint density at radius 3 is 2.32 bits per heavy atom. The van der Waals surface area contributed by atoms with Gasteiger partial charge in [-0.1, -0.05) is 29.5 Å². The molecule has 0 atom stereocenters. The predicted molar refractivity (Wildman–Crippen MR) is 111 cm³/mol. The molecule has 2 aromatic carbocycles. The topological polar surface area (TPSA) is 54.9 Å². The highest BCUT2D eigenvalue weighted by molar-refractivity contribution is 14.1. The van der Waals surface area contributed by atoms with Gasteiger partial charge in [0, 0.05) is 9.13 Å². The summed E-state index contributed by atoms with van der Waals surface area (Å²) in [7, 11) is 0. The fraction of sp³-hybridized carbons (Fsp3) is 0.211. The SMILES string of the molecule is Cc1cc(C)c(C)c(-c2nnc(NC(=O)c3ccccc3I)s2)c1C. The number of anilines is 1. The minimum atomic E-state index is -0.165. The van der Waals surface area contributed by atoms with Crippen molar-refractivity contribution in [1.82, 2.24) is 10.2 Å². The summed E-state index contributed by atoms with van der Waals surface area (Å²) in [5.41, 5.74) is 6.63. The lowest BCUT2D eigenvalue weighted by Crippen LogP contribution is -2.13. The molecular weight excluding hydrogens is 445 g/mol. The highest BCUT2D eigenvalue weighted by Crippen LogP contribution is 2.34. The summed E-state index contributed by atoms with van der Waals surface area (Å²) in [5, 5.41) is 12.7. The molecule has 0 spiro atoms. The van der Waals surface area contributed by atoms with Crippen LogP contribution in [0.4, 0.5) is 5.13 Å². The van der Waals surface area contributed by atoms with Crippen LogP contribution >= 0.6 is 33.9 Å². The van der Waals surface area contributed by atoms with Gasteiger partial charge in [-0.25, -0.2) is 0 Å². The summed E-state index contributed by atoms with van der Waals surface area (Å²) in [5.74, 6) is -0.165. The van der Waals surface area contributed by atoms with E-state index in [9.17, 15) is 4.79 Å². The van der Waals surface area contributed by atoms with Crippen LogP contribution in [0, 0.1) is 31.3 Å². The molecule has 25 heavy (non-hydrogen) atoms. The number of nitrogens with zero attached hydrogens (tertiary/aromatic N) is 2. The zero-order valence-corrected chi connectivity index (χ0v) is 17.4. The van der Waals surface area contributed by atoms with Gasteiger partial charge in [0.25, 0.3) is 5.91 Å². The molecule has 3 rings (SSSR count). The maximum atomic E-state index is 12.4. The second-order valence-electron chi connectivity index (χ2n) is 5.98. The van der Waals surface area contributed by atoms with Crippen molar-refractivity contribution in [2.75, 3.05) is 5.32 Å². The molecule has 0 aliphatic heterocycles. The molecule has 0 saturated carbocycles. The molecule has 0 fully saturated rings. The normalized spacial score (nSPS) is 10.8. The number of amides is 1. The Bertz CT molecular complexity index is 939. The highest BCUT2D eigenvalue weighted by Gasteiger charge is 2.17. The van der Waals surface area contributed by atoms with E-state index in [-0.39, 0.29) is 5.91 Å². The Morgan fingerprint density at radius 2 is 1.68 bits per heavy atom. The van der Waals surface area contributed by atoms with Gasteiger partial charge in [-0.05, 0) is 84.7 Å². The van der Waals surface area contributed by atoms with E-state index >= 15 is 0 Å². The molecule has 0 radical (unpaired) electrons. The van der Waals surface area contributed by atoms with E-state index in [4.69, 9.17) is 0 Å². The van der Waals surface area contributed by atoms with E-state index in [1.54, 1.807) is 6.07 Å². The molecule has 4 nitrogen and oxygen atoms in total. The van der Waals surface area contributed by atoms with Gasteiger partial charge in [-0.15, -0.1) is 10.2 Å². The summed E-state index contributed by atoms with van der Waals surface area (Å²) < 4.78 is 0.906. The van der Waals surface area contributed by atoms with Gasteiger partial charge in [0.15, 0.2) is 0 Å². The van der Waals surface area contributed by atoms with Gasteiger partial charge in [0.1, 0.15) is 5.01 Å². The number of hydrogen-bond donors (Lipinski definition) is 1. The molecule has 3 aromatic rings. The van der Waals surface area contributed by atoms with Crippen LogP contribution in [-0.4, -0.2) is 16.1 Å². The zero-order valence-electron chi connectivity index (χ0n) is 14.5. The summed E-state index contributed by atoms with van der Waals surface area (Å²) in [6.07, 6.45) is 0. The largest absolute Gasteiger partial charge is 0.296 e. The number of carbonyl (C=O) groups is 1. The van der Waals surface area contributed by atoms with E-state index in [1.807, 2.05) is 18.2 Å². The van der Waals surface area contributed by atoms with Gasteiger partial charge in [0.05, 0.1) is 5.56 Å². The van der Waals surface area contributed by atoms with Crippen LogP contribution in [0.2, 0.25) is 0 Å². The lowest BCUT2D eigenvalue weighted by molar-refractivity contribution is 0.102. The van der Waals surface area contributed by atoms with Crippen LogP contribution < -0.4 is 5.32 Å². The zero-order chi connectivity index (χ0) is 18.1. The number of benzene rings is 2. The number of rotatable bonds is 3. The number of halogens is 1. The molecule has 0 aliphatic carbocycles. The summed E-state index contributed by atoms with van der Waals surface area (Å²) >= 11 is 3.56. The van der Waals surface area contributed by atoms with E-state index in [2.05, 4.69) is 71.9 Å². The summed E-state index contributed by atoms with van der Waals surface area (Å²) in [6, 6.07) is 9.66. The van der Waals surface area contributed by atoms with E-state index < -0.39 is 0 Å². The molecule has 0 saturated heterocycles. The number of aryl methyl sites for hydroxylation is 2. The molecule has 0 aliphatic rings. The van der Waals surface area contributed by atoms with Crippen LogP contribution in [0.5, 0.6) is 0 Å². The summed E-state index contributed by atoms with van der Waals surface area (Å²) in [4.78, 5) is 12.4. The van der Waals surface area contributed by atoms with Crippen molar-refractivity contribution >= 4 is 45.0 Å². The first-order chi connectivity index (χ1) is 11.9. The molecule has 128 valence electrons. The smallest absolute Gasteiger partial charge is 0.258 e. The number of hydrogen-bond acceptors (Lipinski definition) is 4. The minimum Gasteiger partial charge on any atom is -0.296 e. The molecular formula is C19H18IN3OS. The molecule has 0 unspecified atom stereocenters. The van der Waals surface area contributed by atoms with E-state index in [0.29, 0.717) is 10.7 Å². The van der Waals surface area contributed by atoms with Crippen molar-refractivity contribution in [2.45, 2.75) is 27.7 Å². The molecule has 1 N–H and O–H groups in total. The fourth-order valence-electron chi connectivity index (χ4n) is 2.72. The van der Waals surface area contributed by atoms with Crippen LogP contribution in [0.15, 0.2) is 30.3 Å². The van der Waals surface area contributed by atoms with Crippen molar-refractivity contribution in [3.63, 3.8) is 0 Å². The molecule has 1 heterocycles. The third kappa shape index (κ3) is 3.59. The number of carbonyl (C=O) groups excluding carboxylic acids is 1. The quantitative estimate of drug-likeness (QED) is 0.537. The molecule has 1 amide bonds. The van der Waals surface area contributed by atoms with E-state index in [1.165, 1.54) is 33.6 Å². The predicted octanol–water partition coefficient (Wildman–Crippen LogP) is 5.30. The average Bonchev–Trinajstić information content (AvgIpc) is 3.01. The van der Waals surface area contributed by atoms with Gasteiger partial charge in [-0.3, -0.25) is 10.1 Å². The Morgan fingerprint density at radius 1 is 1.04 bits per heavy atom. The van der Waals surface area contributed by atoms with Crippen molar-refractivity contribution in [2.24, 2.45) is 0 Å². The van der Waals surface area contributed by atoms with Crippen LogP contribution in [0.1, 0.15) is 32.6 Å². The third-order valence-corrected chi connectivity index (χ3v) is 6.14. The first-order valence-corrected chi connectivity index (χ1v) is 9.75. The minimum absolute atomic E-state index is 0.165. The summed E-state index contributed by atoms with van der Waals surface area (Å²) in [6.45, 7) is 8.41. The van der Waals surface area contributed by atoms with Crippen LogP contribution in [0.3, 0.4) is 0 Å². The highest BCUT2D eigenvalue weighted by atomic mass is 127. The van der Waals surface area contributed by atoms with E-state index in [0.717, 1.165) is 14.1 Å². The van der Waals surface area contributed by atoms with Crippen molar-refractivity contribution < 1.29 is 4.79 Å². The van der Waals surface area contributed by atoms with Gasteiger partial charge in [-0.2, -0.15) is 0 Å². The Kier molecular flexibility index (Phi) is 5.19. The van der Waals surface area contributed by atoms with Crippen molar-refractivity contribution in [3.8, 4) is 10.6 Å². The van der Waals surface area contributed by atoms with Gasteiger partial charge in [0.2, 0.25) is 5.13 Å². The Balaban J connectivity index is 1.92. The van der Waals surface area contributed by atoms with Crippen molar-refractivity contribution in [3.05, 3.63) is 61.7 Å². The molecule has 1 aromatic heterocycles. The fourth-order valence-corrected chi connectivity index (χ4v) is 4.25. The lowest BCUT2D eigenvalue weighted by Gasteiger charge is -2.12. The van der Waals surface area contributed by atoms with Crippen LogP contribution in [-0.2, 0) is 0 Å². The maximum Gasteiger partial charge on any atom is 0.258 e. The second kappa shape index (κ2) is 7.21.